The number of hydrogen-bond donors (Lipinski definition) is 2. The first-order valence-corrected chi connectivity index (χ1v) is 17.9. The number of carbonyl (C=O) groups is 1. The average Bonchev–Trinajstić information content (AvgIpc) is 3.76. The molecule has 4 aromatic rings. The predicted molar refractivity (Wildman–Crippen MR) is 200 cm³/mol. The summed E-state index contributed by atoms with van der Waals surface area (Å²) in [6.45, 7) is 6.99. The van der Waals surface area contributed by atoms with E-state index >= 15 is 0 Å². The van der Waals surface area contributed by atoms with E-state index in [0.29, 0.717) is 53.2 Å². The zero-order valence-corrected chi connectivity index (χ0v) is 30.0. The molecule has 1 saturated carbocycles. The number of amides is 1. The fourth-order valence-electron chi connectivity index (χ4n) is 8.37. The summed E-state index contributed by atoms with van der Waals surface area (Å²) in [5.41, 5.74) is 1.67. The number of benzene rings is 3. The van der Waals surface area contributed by atoms with Crippen LogP contribution in [-0.4, -0.2) is 76.4 Å². The zero-order valence-electron chi connectivity index (χ0n) is 30.0. The number of rotatable bonds is 10. The lowest BCUT2D eigenvalue weighted by atomic mass is 9.94. The predicted octanol–water partition coefficient (Wildman–Crippen LogP) is 6.91. The summed E-state index contributed by atoms with van der Waals surface area (Å²) >= 11 is 0. The topological polar surface area (TPSA) is 94.1 Å². The minimum Gasteiger partial charge on any atom is -0.508 e. The number of alkyl halides is 1. The fourth-order valence-corrected chi connectivity index (χ4v) is 8.37. The van der Waals surface area contributed by atoms with Crippen molar-refractivity contribution < 1.29 is 27.8 Å². The van der Waals surface area contributed by atoms with Gasteiger partial charge < -0.3 is 29.9 Å². The molecule has 3 aliphatic rings. The molecule has 1 aromatic heterocycles. The summed E-state index contributed by atoms with van der Waals surface area (Å²) < 4.78 is 50.1. The first kappa shape index (κ1) is 35.9. The van der Waals surface area contributed by atoms with Crippen LogP contribution in [0.2, 0.25) is 0 Å². The Kier molecular flexibility index (Phi) is 9.62. The SMILES string of the molecule is C#Cc1c(F)ccc2cc(O)cc(N3CCc4c(nc(OC[C@]5(C)C[C@@H](F)CN5c5ccc(F)cc5)nc4NCC4(N(C)C(=O)C=C)CCCC4)C3)c12. The molecule has 3 heterocycles. The van der Waals surface area contributed by atoms with E-state index in [9.17, 15) is 23.1 Å². The van der Waals surface area contributed by atoms with Crippen molar-refractivity contribution in [2.75, 3.05) is 48.4 Å². The maximum Gasteiger partial charge on any atom is 0.318 e. The maximum atomic E-state index is 15.0. The number of aromatic nitrogens is 2. The van der Waals surface area contributed by atoms with Crippen LogP contribution >= 0.6 is 0 Å². The second kappa shape index (κ2) is 14.2. The summed E-state index contributed by atoms with van der Waals surface area (Å²) in [6.07, 6.45) is 10.3. The molecule has 9 nitrogen and oxygen atoms in total. The molecule has 2 aliphatic heterocycles. The molecule has 7 rings (SSSR count). The molecule has 1 aliphatic carbocycles. The number of terminal acetylenes is 1. The van der Waals surface area contributed by atoms with Gasteiger partial charge in [0.15, 0.2) is 0 Å². The molecule has 0 bridgehead atoms. The molecule has 276 valence electrons. The standard InChI is InChI=1S/C41H43F3N6O3/c1-5-31-33(44)14-9-26-19-30(51)20-35(37(26)31)49-18-15-32-34(23-49)46-39(47-38(32)45-24-41(16-7-8-17-41)48(4)36(52)6-2)53-25-40(3)21-28(43)22-50(40)29-12-10-27(42)11-13-29/h1,6,9-14,19-20,28,51H,2,7-8,15-18,21-25H2,3-4H3,(H,45,46,47)/t28-,40+/m1/s1. The molecule has 1 amide bonds. The quantitative estimate of drug-likeness (QED) is 0.135. The Hall–Kier alpha value is -5.44. The normalized spacial score (nSPS) is 20.6. The van der Waals surface area contributed by atoms with E-state index in [4.69, 9.17) is 21.1 Å². The van der Waals surface area contributed by atoms with Gasteiger partial charge in [-0.05, 0) is 74.0 Å². The second-order valence-corrected chi connectivity index (χ2v) is 14.6. The highest BCUT2D eigenvalue weighted by molar-refractivity contribution is 6.00. The number of halogens is 3. The Morgan fingerprint density at radius 1 is 1.19 bits per heavy atom. The third-order valence-electron chi connectivity index (χ3n) is 11.2. The van der Waals surface area contributed by atoms with Gasteiger partial charge in [0.2, 0.25) is 5.91 Å². The number of phenols is 1. The molecule has 3 aromatic carbocycles. The average molecular weight is 725 g/mol. The van der Waals surface area contributed by atoms with Gasteiger partial charge in [-0.1, -0.05) is 31.4 Å². The lowest BCUT2D eigenvalue weighted by molar-refractivity contribution is -0.129. The number of nitrogens with one attached hydrogen (secondary N) is 1. The van der Waals surface area contributed by atoms with Gasteiger partial charge in [-0.25, -0.2) is 13.2 Å². The Balaban J connectivity index is 1.24. The van der Waals surface area contributed by atoms with Crippen molar-refractivity contribution >= 4 is 33.9 Å². The Morgan fingerprint density at radius 2 is 1.94 bits per heavy atom. The van der Waals surface area contributed by atoms with E-state index in [-0.39, 0.29) is 55.2 Å². The summed E-state index contributed by atoms with van der Waals surface area (Å²) in [5, 5.41) is 15.4. The third-order valence-corrected chi connectivity index (χ3v) is 11.2. The minimum atomic E-state index is -1.11. The number of fused-ring (bicyclic) bond motifs is 2. The van der Waals surface area contributed by atoms with Crippen LogP contribution < -0.4 is 19.9 Å². The highest BCUT2D eigenvalue weighted by atomic mass is 19.1. The molecule has 53 heavy (non-hydrogen) atoms. The van der Waals surface area contributed by atoms with E-state index < -0.39 is 23.1 Å². The lowest BCUT2D eigenvalue weighted by Crippen LogP contribution is -2.51. The third kappa shape index (κ3) is 6.80. The molecule has 2 atom stereocenters. The van der Waals surface area contributed by atoms with Gasteiger partial charge in [0.1, 0.15) is 36.0 Å². The number of phenolic OH excluding ortho intramolecular Hbond substituents is 1. The summed E-state index contributed by atoms with van der Waals surface area (Å²) in [4.78, 5) is 28.2. The first-order valence-electron chi connectivity index (χ1n) is 17.9. The Morgan fingerprint density at radius 3 is 2.66 bits per heavy atom. The van der Waals surface area contributed by atoms with Crippen LogP contribution in [0.3, 0.4) is 0 Å². The highest BCUT2D eigenvalue weighted by Gasteiger charge is 2.44. The lowest BCUT2D eigenvalue weighted by Gasteiger charge is -2.39. The zero-order chi connectivity index (χ0) is 37.5. The molecule has 1 saturated heterocycles. The van der Waals surface area contributed by atoms with E-state index in [1.54, 1.807) is 42.3 Å². The molecule has 2 fully saturated rings. The second-order valence-electron chi connectivity index (χ2n) is 14.6. The van der Waals surface area contributed by atoms with Crippen LogP contribution in [0.1, 0.15) is 55.8 Å². The van der Waals surface area contributed by atoms with E-state index in [2.05, 4.69) is 17.8 Å². The number of aromatic hydroxyl groups is 1. The van der Waals surface area contributed by atoms with Crippen molar-refractivity contribution in [1.29, 1.82) is 0 Å². The molecular formula is C41H43F3N6O3. The van der Waals surface area contributed by atoms with E-state index in [1.165, 1.54) is 24.3 Å². The smallest absolute Gasteiger partial charge is 0.318 e. The molecular weight excluding hydrogens is 681 g/mol. The molecule has 2 N–H and O–H groups in total. The van der Waals surface area contributed by atoms with Crippen LogP contribution in [0.5, 0.6) is 11.8 Å². The summed E-state index contributed by atoms with van der Waals surface area (Å²) in [7, 11) is 1.80. The van der Waals surface area contributed by atoms with Gasteiger partial charge in [-0.2, -0.15) is 9.97 Å². The number of likely N-dealkylation sites (N-methyl/N-ethyl adjacent to an activating group) is 1. The van der Waals surface area contributed by atoms with Crippen LogP contribution in [0, 0.1) is 24.0 Å². The number of ether oxygens (including phenoxy) is 1. The van der Waals surface area contributed by atoms with Crippen LogP contribution in [0.15, 0.2) is 61.2 Å². The summed E-state index contributed by atoms with van der Waals surface area (Å²) in [5.74, 6) is 2.02. The van der Waals surface area contributed by atoms with Gasteiger partial charge in [-0.15, -0.1) is 6.42 Å². The van der Waals surface area contributed by atoms with Crippen molar-refractivity contribution in [1.82, 2.24) is 14.9 Å². The molecule has 0 radical (unpaired) electrons. The Bertz CT molecular complexity index is 2100. The van der Waals surface area contributed by atoms with E-state index in [1.807, 2.05) is 16.7 Å². The minimum absolute atomic E-state index is 0.0173. The number of carbonyl (C=O) groups excluding carboxylic acids is 1. The molecule has 0 spiro atoms. The van der Waals surface area contributed by atoms with Crippen molar-refractivity contribution in [3.8, 4) is 24.1 Å². The molecule has 0 unspecified atom stereocenters. The highest BCUT2D eigenvalue weighted by Crippen LogP contribution is 2.40. The number of anilines is 3. The number of nitrogens with zero attached hydrogens (tertiary/aromatic N) is 5. The van der Waals surface area contributed by atoms with E-state index in [0.717, 1.165) is 31.2 Å². The number of hydrogen-bond acceptors (Lipinski definition) is 8. The molecule has 12 heteroatoms. The summed E-state index contributed by atoms with van der Waals surface area (Å²) in [6, 6.07) is 12.1. The van der Waals surface area contributed by atoms with Crippen molar-refractivity contribution in [3.05, 3.63) is 89.6 Å². The van der Waals surface area contributed by atoms with Crippen molar-refractivity contribution in [2.45, 2.75) is 69.2 Å². The Labute approximate surface area is 307 Å². The fraction of sp³-hybridized carbons (Fsp3) is 0.390. The van der Waals surface area contributed by atoms with Crippen LogP contribution in [0.25, 0.3) is 10.8 Å². The van der Waals surface area contributed by atoms with Crippen molar-refractivity contribution in [3.63, 3.8) is 0 Å². The van der Waals surface area contributed by atoms with Gasteiger partial charge in [0, 0.05) is 61.5 Å². The van der Waals surface area contributed by atoms with Gasteiger partial charge >= 0.3 is 6.01 Å². The van der Waals surface area contributed by atoms with Gasteiger partial charge in [0.25, 0.3) is 0 Å². The first-order chi connectivity index (χ1) is 25.4. The van der Waals surface area contributed by atoms with Crippen LogP contribution in [0.4, 0.5) is 30.4 Å². The van der Waals surface area contributed by atoms with Gasteiger partial charge in [-0.3, -0.25) is 4.79 Å². The maximum absolute atomic E-state index is 15.0. The van der Waals surface area contributed by atoms with Crippen LogP contribution in [-0.2, 0) is 17.8 Å². The largest absolute Gasteiger partial charge is 0.508 e. The van der Waals surface area contributed by atoms with Crippen molar-refractivity contribution in [2.24, 2.45) is 0 Å². The monoisotopic (exact) mass is 724 g/mol. The van der Waals surface area contributed by atoms with Gasteiger partial charge in [0.05, 0.1) is 28.9 Å².